The third-order valence-corrected chi connectivity index (χ3v) is 5.02. The first-order valence-electron chi connectivity index (χ1n) is 9.42. The number of hydrogen-bond acceptors (Lipinski definition) is 6. The number of H-pyrrole nitrogens is 1. The summed E-state index contributed by atoms with van der Waals surface area (Å²) in [5.74, 6) is 2.40. The Hall–Kier alpha value is -4.29. The number of para-hydroxylation sites is 1. The summed E-state index contributed by atoms with van der Waals surface area (Å²) >= 11 is 6.02. The van der Waals surface area contributed by atoms with Gasteiger partial charge < -0.3 is 10.3 Å². The molecule has 0 aliphatic carbocycles. The number of aromatic amines is 1. The van der Waals surface area contributed by atoms with E-state index >= 15 is 0 Å². The largest absolute Gasteiger partial charge is 0.348 e. The normalized spacial score (nSPS) is 12.0. The van der Waals surface area contributed by atoms with Crippen LogP contribution in [-0.2, 0) is 0 Å². The molecule has 3 heterocycles. The Kier molecular flexibility index (Phi) is 4.77. The lowest BCUT2D eigenvalue weighted by Gasteiger charge is -2.19. The van der Waals surface area contributed by atoms with Crippen molar-refractivity contribution in [1.29, 1.82) is 0 Å². The van der Waals surface area contributed by atoms with Crippen LogP contribution in [0.2, 0.25) is 5.28 Å². The molecule has 0 unspecified atom stereocenters. The molecule has 0 aliphatic heterocycles. The molecule has 3 aromatic heterocycles. The molecule has 0 aliphatic rings. The lowest BCUT2D eigenvalue weighted by Crippen LogP contribution is -2.28. The van der Waals surface area contributed by atoms with Crippen LogP contribution in [0.25, 0.3) is 27.8 Å². The molecule has 0 radical (unpaired) electrons. The molecule has 0 saturated heterocycles. The Morgan fingerprint density at radius 2 is 1.94 bits per heavy atom. The van der Waals surface area contributed by atoms with Gasteiger partial charge in [-0.15, -0.1) is 6.42 Å². The second kappa shape index (κ2) is 7.76. The van der Waals surface area contributed by atoms with Crippen molar-refractivity contribution in [2.45, 2.75) is 6.04 Å². The van der Waals surface area contributed by atoms with Crippen molar-refractivity contribution >= 4 is 39.5 Å². The van der Waals surface area contributed by atoms with Crippen molar-refractivity contribution in [3.05, 3.63) is 82.1 Å². The molecule has 5 aromatic rings. The standard InChI is InChI=1S/C22H13ClFN7O/c1-2-14(27-19-17-18(26-11-25-17)29-22(23)30-19)20-28-15-10-6-9-13(24)16(15)21(32)31(20)12-7-4-3-5-8-12/h1,3-11,14H,(H2,25,26,27,29,30)/t14-/m0/s1. The molecule has 0 saturated carbocycles. The van der Waals surface area contributed by atoms with E-state index in [0.717, 1.165) is 0 Å². The maximum absolute atomic E-state index is 14.5. The number of nitrogens with zero attached hydrogens (tertiary/aromatic N) is 5. The van der Waals surface area contributed by atoms with Gasteiger partial charge in [0.15, 0.2) is 17.3 Å². The number of halogens is 2. The van der Waals surface area contributed by atoms with E-state index < -0.39 is 17.4 Å². The number of hydrogen-bond donors (Lipinski definition) is 2. The summed E-state index contributed by atoms with van der Waals surface area (Å²) < 4.78 is 15.8. The minimum absolute atomic E-state index is 0.0307. The van der Waals surface area contributed by atoms with Gasteiger partial charge in [-0.3, -0.25) is 9.36 Å². The monoisotopic (exact) mass is 445 g/mol. The molecule has 5 rings (SSSR count). The molecule has 0 amide bonds. The van der Waals surface area contributed by atoms with E-state index in [-0.39, 0.29) is 27.8 Å². The molecule has 0 spiro atoms. The fourth-order valence-electron chi connectivity index (χ4n) is 3.46. The van der Waals surface area contributed by atoms with Gasteiger partial charge in [0.1, 0.15) is 22.8 Å². The topological polar surface area (TPSA) is 101 Å². The van der Waals surface area contributed by atoms with Crippen LogP contribution in [0.3, 0.4) is 0 Å². The minimum atomic E-state index is -0.923. The van der Waals surface area contributed by atoms with Gasteiger partial charge in [0.2, 0.25) is 5.28 Å². The summed E-state index contributed by atoms with van der Waals surface area (Å²) in [5, 5.41) is 2.91. The van der Waals surface area contributed by atoms with Crippen molar-refractivity contribution in [1.82, 2.24) is 29.5 Å². The number of imidazole rings is 1. The van der Waals surface area contributed by atoms with Gasteiger partial charge in [-0.25, -0.2) is 14.4 Å². The number of terminal acetylenes is 1. The van der Waals surface area contributed by atoms with Gasteiger partial charge in [0.05, 0.1) is 17.5 Å². The van der Waals surface area contributed by atoms with E-state index in [1.807, 2.05) is 0 Å². The minimum Gasteiger partial charge on any atom is -0.348 e. The van der Waals surface area contributed by atoms with Crippen molar-refractivity contribution in [2.24, 2.45) is 0 Å². The van der Waals surface area contributed by atoms with Crippen LogP contribution in [0.4, 0.5) is 10.2 Å². The molecule has 156 valence electrons. The summed E-state index contributed by atoms with van der Waals surface area (Å²) in [5.41, 5.74) is 0.919. The van der Waals surface area contributed by atoms with Crippen molar-refractivity contribution in [2.75, 3.05) is 5.32 Å². The Morgan fingerprint density at radius 3 is 2.72 bits per heavy atom. The van der Waals surface area contributed by atoms with Crippen LogP contribution in [0.5, 0.6) is 0 Å². The van der Waals surface area contributed by atoms with E-state index in [1.165, 1.54) is 23.0 Å². The Bertz CT molecular complexity index is 1570. The van der Waals surface area contributed by atoms with Gasteiger partial charge in [-0.2, -0.15) is 9.97 Å². The van der Waals surface area contributed by atoms with Crippen molar-refractivity contribution in [3.63, 3.8) is 0 Å². The number of benzene rings is 2. The second-order valence-corrected chi connectivity index (χ2v) is 7.10. The average Bonchev–Trinajstić information content (AvgIpc) is 3.26. The quantitative estimate of drug-likeness (QED) is 0.323. The third-order valence-electron chi connectivity index (χ3n) is 4.85. The summed E-state index contributed by atoms with van der Waals surface area (Å²) in [6, 6.07) is 12.1. The smallest absolute Gasteiger partial charge is 0.269 e. The predicted octanol–water partition coefficient (Wildman–Crippen LogP) is 3.63. The van der Waals surface area contributed by atoms with Crippen LogP contribution in [-0.4, -0.2) is 29.5 Å². The maximum Gasteiger partial charge on any atom is 0.269 e. The molecule has 0 fully saturated rings. The molecule has 32 heavy (non-hydrogen) atoms. The van der Waals surface area contributed by atoms with Gasteiger partial charge in [-0.05, 0) is 35.9 Å². The molecular weight excluding hydrogens is 433 g/mol. The molecule has 10 heteroatoms. The third kappa shape index (κ3) is 3.23. The number of fused-ring (bicyclic) bond motifs is 2. The molecule has 0 bridgehead atoms. The van der Waals surface area contributed by atoms with Crippen LogP contribution in [0.15, 0.2) is 59.7 Å². The summed E-state index contributed by atoms with van der Waals surface area (Å²) in [4.78, 5) is 33.2. The second-order valence-electron chi connectivity index (χ2n) is 6.77. The number of rotatable bonds is 4. The molecule has 2 aromatic carbocycles. The highest BCUT2D eigenvalue weighted by Crippen LogP contribution is 2.25. The van der Waals surface area contributed by atoms with E-state index in [1.54, 1.807) is 36.4 Å². The van der Waals surface area contributed by atoms with Crippen molar-refractivity contribution < 1.29 is 4.39 Å². The SMILES string of the molecule is C#C[C@H](Nc1nc(Cl)nc2nc[nH]c12)c1nc2cccc(F)c2c(=O)n1-c1ccccc1. The number of nitrogens with one attached hydrogen (secondary N) is 2. The fraction of sp³-hybridized carbons (Fsp3) is 0.0455. The van der Waals surface area contributed by atoms with Gasteiger partial charge in [0.25, 0.3) is 5.56 Å². The lowest BCUT2D eigenvalue weighted by molar-refractivity contribution is 0.636. The highest BCUT2D eigenvalue weighted by atomic mass is 35.5. The first kappa shape index (κ1) is 19.7. The van der Waals surface area contributed by atoms with E-state index in [4.69, 9.17) is 18.0 Å². The first-order chi connectivity index (χ1) is 15.6. The number of aromatic nitrogens is 6. The van der Waals surface area contributed by atoms with Crippen LogP contribution in [0.1, 0.15) is 11.9 Å². The average molecular weight is 446 g/mol. The van der Waals surface area contributed by atoms with Crippen LogP contribution < -0.4 is 10.9 Å². The van der Waals surface area contributed by atoms with E-state index in [2.05, 4.69) is 36.2 Å². The van der Waals surface area contributed by atoms with E-state index in [9.17, 15) is 9.18 Å². The summed E-state index contributed by atoms with van der Waals surface area (Å²) in [6.07, 6.45) is 7.28. The Morgan fingerprint density at radius 1 is 1.12 bits per heavy atom. The van der Waals surface area contributed by atoms with Crippen molar-refractivity contribution in [3.8, 4) is 18.0 Å². The van der Waals surface area contributed by atoms with Crippen LogP contribution >= 0.6 is 11.6 Å². The predicted molar refractivity (Wildman–Crippen MR) is 119 cm³/mol. The summed E-state index contributed by atoms with van der Waals surface area (Å²) in [6.45, 7) is 0. The zero-order chi connectivity index (χ0) is 22.2. The van der Waals surface area contributed by atoms with E-state index in [0.29, 0.717) is 16.9 Å². The zero-order valence-corrected chi connectivity index (χ0v) is 17.0. The zero-order valence-electron chi connectivity index (χ0n) is 16.3. The number of anilines is 1. The Labute approximate surface area is 185 Å². The molecule has 2 N–H and O–H groups in total. The molecule has 1 atom stereocenters. The highest BCUT2D eigenvalue weighted by molar-refractivity contribution is 6.28. The highest BCUT2D eigenvalue weighted by Gasteiger charge is 2.23. The molecular formula is C22H13ClFN7O. The first-order valence-corrected chi connectivity index (χ1v) is 9.80. The van der Waals surface area contributed by atoms with Gasteiger partial charge in [-0.1, -0.05) is 30.2 Å². The molecule has 8 nitrogen and oxygen atoms in total. The van der Waals surface area contributed by atoms with Gasteiger partial charge >= 0.3 is 0 Å². The Balaban J connectivity index is 1.75. The lowest BCUT2D eigenvalue weighted by atomic mass is 10.2. The van der Waals surface area contributed by atoms with Crippen LogP contribution in [0, 0.1) is 18.2 Å². The maximum atomic E-state index is 14.5. The summed E-state index contributed by atoms with van der Waals surface area (Å²) in [7, 11) is 0. The fourth-order valence-corrected chi connectivity index (χ4v) is 3.62. The van der Waals surface area contributed by atoms with Gasteiger partial charge in [0, 0.05) is 0 Å².